The number of alkyl halides is 3. The minimum atomic E-state index is -4.40. The maximum Gasteiger partial charge on any atom is 0.416 e. The number of hydrogen-bond acceptors (Lipinski definition) is 2. The maximum atomic E-state index is 12.6. The Kier molecular flexibility index (Phi) is 3.38. The van der Waals surface area contributed by atoms with Gasteiger partial charge in [-0.1, -0.05) is 6.08 Å². The molecule has 6 heteroatoms. The smallest absolute Gasteiger partial charge is 0.307 e. The van der Waals surface area contributed by atoms with Crippen LogP contribution in [0.2, 0.25) is 0 Å². The number of halogens is 3. The molecular formula is C12H10F3NOS. The molecule has 0 bridgehead atoms. The van der Waals surface area contributed by atoms with Crippen LogP contribution in [0.15, 0.2) is 35.7 Å². The van der Waals surface area contributed by atoms with Crippen LogP contribution in [0.5, 0.6) is 0 Å². The molecule has 1 aromatic carbocycles. The molecule has 0 unspecified atom stereocenters. The molecule has 1 heterocycles. The van der Waals surface area contributed by atoms with Gasteiger partial charge < -0.3 is 4.90 Å². The Morgan fingerprint density at radius 2 is 2.17 bits per heavy atom. The van der Waals surface area contributed by atoms with Gasteiger partial charge in [0.05, 0.1) is 17.0 Å². The number of hydrogen-bond donors (Lipinski definition) is 0. The van der Waals surface area contributed by atoms with Gasteiger partial charge in [-0.05, 0) is 18.2 Å². The third-order valence-electron chi connectivity index (χ3n) is 2.54. The molecule has 96 valence electrons. The van der Waals surface area contributed by atoms with E-state index in [-0.39, 0.29) is 18.2 Å². The highest BCUT2D eigenvalue weighted by Gasteiger charge is 2.33. The predicted molar refractivity (Wildman–Crippen MR) is 64.7 cm³/mol. The van der Waals surface area contributed by atoms with Gasteiger partial charge in [0.1, 0.15) is 0 Å². The van der Waals surface area contributed by atoms with Crippen molar-refractivity contribution in [3.63, 3.8) is 0 Å². The second kappa shape index (κ2) is 4.68. The Labute approximate surface area is 106 Å². The molecule has 0 radical (unpaired) electrons. The number of benzene rings is 1. The molecule has 1 aromatic rings. The zero-order valence-electron chi connectivity index (χ0n) is 9.33. The molecular weight excluding hydrogens is 263 g/mol. The molecule has 0 atom stereocenters. The van der Waals surface area contributed by atoms with Crippen molar-refractivity contribution in [3.05, 3.63) is 36.4 Å². The van der Waals surface area contributed by atoms with Crippen molar-refractivity contribution in [2.45, 2.75) is 11.1 Å². The van der Waals surface area contributed by atoms with Gasteiger partial charge in [0.2, 0.25) is 5.91 Å². The molecule has 0 spiro atoms. The van der Waals surface area contributed by atoms with Crippen LogP contribution in [-0.4, -0.2) is 18.2 Å². The lowest BCUT2D eigenvalue weighted by Gasteiger charge is -2.28. The van der Waals surface area contributed by atoms with E-state index in [0.29, 0.717) is 10.6 Å². The Morgan fingerprint density at radius 3 is 2.78 bits per heavy atom. The number of carbonyl (C=O) groups is 1. The molecule has 2 nitrogen and oxygen atoms in total. The number of anilines is 1. The lowest BCUT2D eigenvalue weighted by molar-refractivity contribution is -0.137. The van der Waals surface area contributed by atoms with Crippen LogP contribution in [0.25, 0.3) is 0 Å². The van der Waals surface area contributed by atoms with Crippen LogP contribution in [0.3, 0.4) is 0 Å². The van der Waals surface area contributed by atoms with Crippen LogP contribution in [0.1, 0.15) is 5.56 Å². The van der Waals surface area contributed by atoms with E-state index in [2.05, 4.69) is 6.58 Å². The molecule has 0 saturated carbocycles. The number of nitrogens with zero attached hydrogens (tertiary/aromatic N) is 1. The van der Waals surface area contributed by atoms with E-state index in [1.54, 1.807) is 0 Å². The first-order valence-corrected chi connectivity index (χ1v) is 6.17. The molecule has 2 rings (SSSR count). The summed E-state index contributed by atoms with van der Waals surface area (Å²) < 4.78 is 37.9. The summed E-state index contributed by atoms with van der Waals surface area (Å²) in [5.41, 5.74) is -0.434. The van der Waals surface area contributed by atoms with E-state index >= 15 is 0 Å². The Hall–Kier alpha value is -1.43. The van der Waals surface area contributed by atoms with Crippen molar-refractivity contribution in [1.29, 1.82) is 0 Å². The normalized spacial score (nSPS) is 15.5. The van der Waals surface area contributed by atoms with Crippen molar-refractivity contribution in [3.8, 4) is 0 Å². The second-order valence-corrected chi connectivity index (χ2v) is 4.78. The Morgan fingerprint density at radius 1 is 1.44 bits per heavy atom. The second-order valence-electron chi connectivity index (χ2n) is 3.76. The Bertz CT molecular complexity index is 499. The third kappa shape index (κ3) is 2.38. The first kappa shape index (κ1) is 13.0. The average Bonchev–Trinajstić information content (AvgIpc) is 2.31. The Balaban J connectivity index is 2.48. The van der Waals surface area contributed by atoms with E-state index in [1.165, 1.54) is 28.8 Å². The zero-order valence-corrected chi connectivity index (χ0v) is 10.1. The SMILES string of the molecule is C=CCN1C(=O)CSc2ccc(C(F)(F)F)cc21. The number of fused-ring (bicyclic) bond motifs is 1. The largest absolute Gasteiger partial charge is 0.416 e. The topological polar surface area (TPSA) is 20.3 Å². The van der Waals surface area contributed by atoms with Gasteiger partial charge in [0.15, 0.2) is 0 Å². The van der Waals surface area contributed by atoms with Gasteiger partial charge >= 0.3 is 6.18 Å². The summed E-state index contributed by atoms with van der Waals surface area (Å²) in [6.45, 7) is 3.73. The molecule has 0 aromatic heterocycles. The van der Waals surface area contributed by atoms with E-state index in [9.17, 15) is 18.0 Å². The van der Waals surface area contributed by atoms with Gasteiger partial charge in [-0.15, -0.1) is 18.3 Å². The number of thioether (sulfide) groups is 1. The van der Waals surface area contributed by atoms with Crippen LogP contribution in [0.4, 0.5) is 18.9 Å². The van der Waals surface area contributed by atoms with Gasteiger partial charge in [0, 0.05) is 11.4 Å². The maximum absolute atomic E-state index is 12.6. The summed E-state index contributed by atoms with van der Waals surface area (Å²) in [4.78, 5) is 13.7. The van der Waals surface area contributed by atoms with Crippen LogP contribution in [0, 0.1) is 0 Å². The highest BCUT2D eigenvalue weighted by Crippen LogP contribution is 2.39. The molecule has 18 heavy (non-hydrogen) atoms. The van der Waals surface area contributed by atoms with Crippen molar-refractivity contribution in [2.24, 2.45) is 0 Å². The predicted octanol–water partition coefficient (Wildman–Crippen LogP) is 3.33. The minimum absolute atomic E-state index is 0.202. The summed E-state index contributed by atoms with van der Waals surface area (Å²) >= 11 is 1.25. The van der Waals surface area contributed by atoms with Crippen LogP contribution in [-0.2, 0) is 11.0 Å². The molecule has 1 aliphatic heterocycles. The highest BCUT2D eigenvalue weighted by atomic mass is 32.2. The molecule has 0 saturated heterocycles. The summed E-state index contributed by atoms with van der Waals surface area (Å²) in [6, 6.07) is 3.46. The molecule has 1 aliphatic rings. The van der Waals surface area contributed by atoms with Gasteiger partial charge in [-0.2, -0.15) is 13.2 Å². The quantitative estimate of drug-likeness (QED) is 0.770. The van der Waals surface area contributed by atoms with E-state index < -0.39 is 11.7 Å². The number of rotatable bonds is 2. The van der Waals surface area contributed by atoms with Crippen LogP contribution < -0.4 is 4.90 Å². The van der Waals surface area contributed by atoms with Crippen molar-refractivity contribution < 1.29 is 18.0 Å². The van der Waals surface area contributed by atoms with Gasteiger partial charge in [0.25, 0.3) is 0 Å². The van der Waals surface area contributed by atoms with Crippen molar-refractivity contribution in [2.75, 3.05) is 17.2 Å². The van der Waals surface area contributed by atoms with Crippen molar-refractivity contribution in [1.82, 2.24) is 0 Å². The summed E-state index contributed by atoms with van der Waals surface area (Å²) in [7, 11) is 0. The molecule has 0 fully saturated rings. The summed E-state index contributed by atoms with van der Waals surface area (Å²) in [5.74, 6) is 0.0402. The standard InChI is InChI=1S/C12H10F3NOS/c1-2-5-16-9-6-8(12(13,14)15)3-4-10(9)18-7-11(16)17/h2-4,6H,1,5,7H2. The number of carbonyl (C=O) groups excluding carboxylic acids is 1. The summed E-state index contributed by atoms with van der Waals surface area (Å²) in [5, 5.41) is 0. The van der Waals surface area contributed by atoms with Crippen molar-refractivity contribution >= 4 is 23.4 Å². The lowest BCUT2D eigenvalue weighted by Crippen LogP contribution is -2.35. The van der Waals surface area contributed by atoms with Gasteiger partial charge in [-0.3, -0.25) is 4.79 Å². The van der Waals surface area contributed by atoms with E-state index in [4.69, 9.17) is 0 Å². The average molecular weight is 273 g/mol. The third-order valence-corrected chi connectivity index (χ3v) is 3.59. The van der Waals surface area contributed by atoms with Crippen LogP contribution >= 0.6 is 11.8 Å². The molecule has 0 N–H and O–H groups in total. The highest BCUT2D eigenvalue weighted by molar-refractivity contribution is 8.00. The fourth-order valence-electron chi connectivity index (χ4n) is 1.71. The lowest BCUT2D eigenvalue weighted by atomic mass is 10.1. The van der Waals surface area contributed by atoms with Gasteiger partial charge in [-0.25, -0.2) is 0 Å². The van der Waals surface area contributed by atoms with E-state index in [0.717, 1.165) is 12.1 Å². The number of amides is 1. The first-order chi connectivity index (χ1) is 8.43. The summed E-state index contributed by atoms with van der Waals surface area (Å²) in [6.07, 6.45) is -2.90. The fraction of sp³-hybridized carbons (Fsp3) is 0.250. The molecule has 1 amide bonds. The monoisotopic (exact) mass is 273 g/mol. The molecule has 0 aliphatic carbocycles. The first-order valence-electron chi connectivity index (χ1n) is 5.19. The zero-order chi connectivity index (χ0) is 13.3. The minimum Gasteiger partial charge on any atom is -0.307 e. The van der Waals surface area contributed by atoms with E-state index in [1.807, 2.05) is 0 Å². The fourth-order valence-corrected chi connectivity index (χ4v) is 2.62.